The lowest BCUT2D eigenvalue weighted by atomic mass is 10.1. The zero-order chi connectivity index (χ0) is 11.3. The molecular formula is C10H14O4S. The fraction of sp³-hybridized carbons (Fsp3) is 0.600. The van der Waals surface area contributed by atoms with Crippen molar-refractivity contribution in [3.63, 3.8) is 0 Å². The van der Waals surface area contributed by atoms with E-state index < -0.39 is 0 Å². The number of esters is 1. The molecule has 0 amide bonds. The third kappa shape index (κ3) is 3.68. The molecular weight excluding hydrogens is 216 g/mol. The standard InChI is InChI=1S/C10H14O4S/c1-3-14-10(12)8-4-5-13-6-9(8)15-7(2)11/h4,9H,3,5-6H2,1-2H3/t9-/m1/s1. The Balaban J connectivity index is 2.68. The molecule has 0 spiro atoms. The minimum atomic E-state index is -0.348. The Labute approximate surface area is 93.0 Å². The number of hydrogen-bond acceptors (Lipinski definition) is 5. The Morgan fingerprint density at radius 2 is 2.40 bits per heavy atom. The summed E-state index contributed by atoms with van der Waals surface area (Å²) in [5.41, 5.74) is 0.545. The molecule has 84 valence electrons. The molecule has 0 aliphatic carbocycles. The SMILES string of the molecule is CCOC(=O)C1=CCOC[C@H]1SC(C)=O. The Morgan fingerprint density at radius 1 is 1.67 bits per heavy atom. The fourth-order valence-corrected chi connectivity index (χ4v) is 2.16. The van der Waals surface area contributed by atoms with Crippen LogP contribution in [0.1, 0.15) is 13.8 Å². The van der Waals surface area contributed by atoms with Gasteiger partial charge in [0.1, 0.15) is 0 Å². The maximum absolute atomic E-state index is 11.5. The number of carbonyl (C=O) groups excluding carboxylic acids is 2. The third-order valence-corrected chi connectivity index (χ3v) is 2.86. The molecule has 0 saturated heterocycles. The van der Waals surface area contributed by atoms with Gasteiger partial charge in [0.05, 0.1) is 30.6 Å². The molecule has 1 rings (SSSR count). The van der Waals surface area contributed by atoms with Crippen molar-refractivity contribution in [1.29, 1.82) is 0 Å². The van der Waals surface area contributed by atoms with Crippen molar-refractivity contribution < 1.29 is 19.1 Å². The van der Waals surface area contributed by atoms with E-state index in [1.54, 1.807) is 13.0 Å². The Hall–Kier alpha value is -0.810. The first-order chi connectivity index (χ1) is 7.15. The molecule has 0 N–H and O–H groups in total. The van der Waals surface area contributed by atoms with Crippen LogP contribution >= 0.6 is 11.8 Å². The smallest absolute Gasteiger partial charge is 0.335 e. The van der Waals surface area contributed by atoms with Crippen molar-refractivity contribution in [3.8, 4) is 0 Å². The zero-order valence-electron chi connectivity index (χ0n) is 8.82. The van der Waals surface area contributed by atoms with Crippen molar-refractivity contribution in [2.45, 2.75) is 19.1 Å². The van der Waals surface area contributed by atoms with Crippen molar-refractivity contribution in [3.05, 3.63) is 11.6 Å². The minimum absolute atomic E-state index is 0.0271. The van der Waals surface area contributed by atoms with Gasteiger partial charge >= 0.3 is 5.97 Å². The lowest BCUT2D eigenvalue weighted by Gasteiger charge is -2.21. The largest absolute Gasteiger partial charge is 0.463 e. The second-order valence-electron chi connectivity index (χ2n) is 3.02. The molecule has 0 saturated carbocycles. The molecule has 1 heterocycles. The monoisotopic (exact) mass is 230 g/mol. The summed E-state index contributed by atoms with van der Waals surface area (Å²) in [4.78, 5) is 22.5. The van der Waals surface area contributed by atoms with Crippen LogP contribution < -0.4 is 0 Å². The van der Waals surface area contributed by atoms with Gasteiger partial charge in [-0.05, 0) is 13.0 Å². The van der Waals surface area contributed by atoms with Crippen LogP contribution in [0.2, 0.25) is 0 Å². The highest BCUT2D eigenvalue weighted by atomic mass is 32.2. The molecule has 1 atom stereocenters. The number of rotatable bonds is 3. The Morgan fingerprint density at radius 3 is 3.00 bits per heavy atom. The summed E-state index contributed by atoms with van der Waals surface area (Å²) in [5, 5.41) is -0.254. The first kappa shape index (κ1) is 12.3. The molecule has 0 aromatic carbocycles. The average Bonchev–Trinajstić information content (AvgIpc) is 2.18. The van der Waals surface area contributed by atoms with Crippen LogP contribution in [0.4, 0.5) is 0 Å². The normalized spacial score (nSPS) is 20.7. The summed E-state index contributed by atoms with van der Waals surface area (Å²) < 4.78 is 10.1. The van der Waals surface area contributed by atoms with Crippen LogP contribution in [0.5, 0.6) is 0 Å². The molecule has 0 aromatic rings. The van der Waals surface area contributed by atoms with E-state index in [1.807, 2.05) is 0 Å². The highest BCUT2D eigenvalue weighted by Crippen LogP contribution is 2.24. The summed E-state index contributed by atoms with van der Waals surface area (Å²) in [5.74, 6) is -0.348. The lowest BCUT2D eigenvalue weighted by molar-refractivity contribution is -0.138. The lowest BCUT2D eigenvalue weighted by Crippen LogP contribution is -2.27. The van der Waals surface area contributed by atoms with E-state index >= 15 is 0 Å². The highest BCUT2D eigenvalue weighted by molar-refractivity contribution is 8.14. The second-order valence-corrected chi connectivity index (χ2v) is 4.40. The van der Waals surface area contributed by atoms with Gasteiger partial charge in [0.25, 0.3) is 0 Å². The van der Waals surface area contributed by atoms with Gasteiger partial charge in [-0.2, -0.15) is 0 Å². The predicted molar refractivity (Wildman–Crippen MR) is 57.6 cm³/mol. The summed E-state index contributed by atoms with van der Waals surface area (Å²) in [6.07, 6.45) is 1.68. The average molecular weight is 230 g/mol. The van der Waals surface area contributed by atoms with Crippen LogP contribution in [0.15, 0.2) is 11.6 Å². The van der Waals surface area contributed by atoms with Gasteiger partial charge < -0.3 is 9.47 Å². The van der Waals surface area contributed by atoms with Gasteiger partial charge in [0.15, 0.2) is 5.12 Å². The molecule has 0 radical (unpaired) electrons. The van der Waals surface area contributed by atoms with Gasteiger partial charge in [-0.3, -0.25) is 4.79 Å². The van der Waals surface area contributed by atoms with E-state index in [1.165, 1.54) is 6.92 Å². The van der Waals surface area contributed by atoms with Crippen LogP contribution in [-0.4, -0.2) is 36.2 Å². The van der Waals surface area contributed by atoms with Gasteiger partial charge in [0, 0.05) is 6.92 Å². The van der Waals surface area contributed by atoms with Crippen LogP contribution in [-0.2, 0) is 19.1 Å². The highest BCUT2D eigenvalue weighted by Gasteiger charge is 2.26. The molecule has 1 aliphatic rings. The van der Waals surface area contributed by atoms with Crippen LogP contribution in [0.3, 0.4) is 0 Å². The summed E-state index contributed by atoms with van der Waals surface area (Å²) in [7, 11) is 0. The Kier molecular flexibility index (Phi) is 4.84. The Bertz CT molecular complexity index is 285. The van der Waals surface area contributed by atoms with Crippen LogP contribution in [0.25, 0.3) is 0 Å². The second kappa shape index (κ2) is 5.92. The molecule has 0 bridgehead atoms. The third-order valence-electron chi connectivity index (χ3n) is 1.86. The molecule has 0 fully saturated rings. The predicted octanol–water partition coefficient (Wildman–Crippen LogP) is 1.15. The summed E-state index contributed by atoms with van der Waals surface area (Å²) in [6.45, 7) is 4.36. The molecule has 5 heteroatoms. The van der Waals surface area contributed by atoms with E-state index in [0.29, 0.717) is 25.4 Å². The van der Waals surface area contributed by atoms with Crippen molar-refractivity contribution in [1.82, 2.24) is 0 Å². The first-order valence-electron chi connectivity index (χ1n) is 4.77. The van der Waals surface area contributed by atoms with E-state index in [9.17, 15) is 9.59 Å². The van der Waals surface area contributed by atoms with Gasteiger partial charge in [-0.25, -0.2) is 4.79 Å². The van der Waals surface area contributed by atoms with Crippen molar-refractivity contribution >= 4 is 22.8 Å². The van der Waals surface area contributed by atoms with Gasteiger partial charge in [-0.1, -0.05) is 11.8 Å². The van der Waals surface area contributed by atoms with E-state index in [4.69, 9.17) is 9.47 Å². The fourth-order valence-electron chi connectivity index (χ4n) is 1.27. The number of ether oxygens (including phenoxy) is 2. The maximum atomic E-state index is 11.5. The number of hydrogen-bond donors (Lipinski definition) is 0. The van der Waals surface area contributed by atoms with E-state index in [0.717, 1.165) is 11.8 Å². The molecule has 1 aliphatic heterocycles. The topological polar surface area (TPSA) is 52.6 Å². The first-order valence-corrected chi connectivity index (χ1v) is 5.65. The van der Waals surface area contributed by atoms with Crippen molar-refractivity contribution in [2.24, 2.45) is 0 Å². The van der Waals surface area contributed by atoms with Gasteiger partial charge in [-0.15, -0.1) is 0 Å². The van der Waals surface area contributed by atoms with E-state index in [-0.39, 0.29) is 16.3 Å². The summed E-state index contributed by atoms with van der Waals surface area (Å²) >= 11 is 1.10. The van der Waals surface area contributed by atoms with Crippen LogP contribution in [0, 0.1) is 0 Å². The number of carbonyl (C=O) groups is 2. The molecule has 0 unspecified atom stereocenters. The zero-order valence-corrected chi connectivity index (χ0v) is 9.63. The molecule has 4 nitrogen and oxygen atoms in total. The number of thioether (sulfide) groups is 1. The molecule has 0 aromatic heterocycles. The van der Waals surface area contributed by atoms with Crippen molar-refractivity contribution in [2.75, 3.05) is 19.8 Å². The quantitative estimate of drug-likeness (QED) is 0.681. The summed E-state index contributed by atoms with van der Waals surface area (Å²) in [6, 6.07) is 0. The van der Waals surface area contributed by atoms with Gasteiger partial charge in [0.2, 0.25) is 0 Å². The minimum Gasteiger partial charge on any atom is -0.463 e. The van der Waals surface area contributed by atoms with E-state index in [2.05, 4.69) is 0 Å². The maximum Gasteiger partial charge on any atom is 0.335 e. The molecule has 15 heavy (non-hydrogen) atoms.